The largest absolute Gasteiger partial charge is 0.496 e. The number of nitrogens with zero attached hydrogens (tertiary/aromatic N) is 2. The second-order valence-corrected chi connectivity index (χ2v) is 10.2. The van der Waals surface area contributed by atoms with Gasteiger partial charge in [0.15, 0.2) is 4.80 Å². The van der Waals surface area contributed by atoms with Crippen molar-refractivity contribution in [3.63, 3.8) is 0 Å². The molecule has 0 spiro atoms. The fourth-order valence-electron chi connectivity index (χ4n) is 4.54. The van der Waals surface area contributed by atoms with Gasteiger partial charge in [-0.3, -0.25) is 9.36 Å². The van der Waals surface area contributed by atoms with E-state index in [9.17, 15) is 19.5 Å². The number of methoxy groups -OCH3 is 1. The number of thiazole rings is 1. The third kappa shape index (κ3) is 4.87. The van der Waals surface area contributed by atoms with E-state index in [1.165, 1.54) is 23.8 Å². The molecular weight excluding hydrogens is 556 g/mol. The monoisotopic (exact) mass is 578 g/mol. The highest BCUT2D eigenvalue weighted by Gasteiger charge is 2.35. The molecule has 11 heteroatoms. The van der Waals surface area contributed by atoms with Crippen LogP contribution in [-0.2, 0) is 9.53 Å². The number of benzene rings is 2. The molecule has 2 aromatic carbocycles. The van der Waals surface area contributed by atoms with Gasteiger partial charge in [0, 0.05) is 17.2 Å². The lowest BCUT2D eigenvalue weighted by Gasteiger charge is -2.25. The van der Waals surface area contributed by atoms with Crippen LogP contribution in [0.15, 0.2) is 80.1 Å². The van der Waals surface area contributed by atoms with Gasteiger partial charge in [0.1, 0.15) is 23.3 Å². The van der Waals surface area contributed by atoms with Crippen LogP contribution in [0.4, 0.5) is 0 Å². The number of esters is 1. The molecule has 0 saturated heterocycles. The molecule has 1 atom stereocenters. The van der Waals surface area contributed by atoms with Gasteiger partial charge in [-0.25, -0.2) is 14.6 Å². The normalized spacial score (nSPS) is 15.0. The van der Waals surface area contributed by atoms with E-state index >= 15 is 0 Å². The Hall–Kier alpha value is -4.41. The predicted molar refractivity (Wildman–Crippen MR) is 150 cm³/mol. The second-order valence-electron chi connectivity index (χ2n) is 8.75. The van der Waals surface area contributed by atoms with Gasteiger partial charge in [-0.15, -0.1) is 0 Å². The van der Waals surface area contributed by atoms with Crippen LogP contribution < -0.4 is 19.6 Å². The van der Waals surface area contributed by atoms with Crippen LogP contribution in [0.3, 0.4) is 0 Å². The van der Waals surface area contributed by atoms with E-state index in [-0.39, 0.29) is 28.3 Å². The van der Waals surface area contributed by atoms with Crippen LogP contribution >= 0.6 is 22.9 Å². The summed E-state index contributed by atoms with van der Waals surface area (Å²) in [5, 5.41) is 9.50. The lowest BCUT2D eigenvalue weighted by molar-refractivity contribution is -0.139. The first kappa shape index (κ1) is 27.2. The quantitative estimate of drug-likeness (QED) is 0.322. The molecular formula is C29H23ClN2O7S. The van der Waals surface area contributed by atoms with Crippen molar-refractivity contribution in [1.29, 1.82) is 0 Å². The summed E-state index contributed by atoms with van der Waals surface area (Å²) in [6.45, 7) is 3.59. The fourth-order valence-corrected chi connectivity index (χ4v) is 5.76. The SMILES string of the molecule is CCOC(=O)C1=C(C)N=c2s/c(=C/c3ccc(-c4ccc(Cl)c(C(=O)O)c4)o3)c(=O)n2C1c1ccccc1OC. The van der Waals surface area contributed by atoms with Crippen LogP contribution in [0.2, 0.25) is 5.02 Å². The van der Waals surface area contributed by atoms with Gasteiger partial charge in [0.25, 0.3) is 5.56 Å². The van der Waals surface area contributed by atoms with Crippen molar-refractivity contribution in [1.82, 2.24) is 4.57 Å². The molecule has 9 nitrogen and oxygen atoms in total. The fraction of sp³-hybridized carbons (Fsp3) is 0.172. The maximum atomic E-state index is 13.8. The van der Waals surface area contributed by atoms with Crippen LogP contribution in [-0.4, -0.2) is 35.3 Å². The van der Waals surface area contributed by atoms with Crippen LogP contribution in [0, 0.1) is 0 Å². The molecule has 0 amide bonds. The number of carbonyl (C=O) groups is 2. The zero-order valence-corrected chi connectivity index (χ0v) is 23.2. The lowest BCUT2D eigenvalue weighted by Crippen LogP contribution is -2.40. The van der Waals surface area contributed by atoms with Crippen LogP contribution in [0.5, 0.6) is 5.75 Å². The van der Waals surface area contributed by atoms with Crippen molar-refractivity contribution in [2.75, 3.05) is 13.7 Å². The molecule has 0 bridgehead atoms. The summed E-state index contributed by atoms with van der Waals surface area (Å²) in [5.74, 6) is -0.416. The Morgan fingerprint density at radius 1 is 1.20 bits per heavy atom. The van der Waals surface area contributed by atoms with Crippen molar-refractivity contribution in [2.45, 2.75) is 19.9 Å². The Balaban J connectivity index is 1.64. The number of carbonyl (C=O) groups excluding carboxylic acids is 1. The highest BCUT2D eigenvalue weighted by atomic mass is 35.5. The highest BCUT2D eigenvalue weighted by Crippen LogP contribution is 2.35. The number of ether oxygens (including phenoxy) is 2. The third-order valence-electron chi connectivity index (χ3n) is 6.33. The van der Waals surface area contributed by atoms with Gasteiger partial charge in [-0.1, -0.05) is 41.1 Å². The molecule has 40 heavy (non-hydrogen) atoms. The first-order valence-electron chi connectivity index (χ1n) is 12.2. The number of hydrogen-bond donors (Lipinski definition) is 1. The number of allylic oxidation sites excluding steroid dienone is 1. The van der Waals surface area contributed by atoms with E-state index < -0.39 is 18.0 Å². The summed E-state index contributed by atoms with van der Waals surface area (Å²) < 4.78 is 18.6. The molecule has 3 heterocycles. The smallest absolute Gasteiger partial charge is 0.338 e. The zero-order valence-electron chi connectivity index (χ0n) is 21.6. The van der Waals surface area contributed by atoms with E-state index in [1.807, 2.05) is 6.07 Å². The Bertz CT molecular complexity index is 1870. The minimum Gasteiger partial charge on any atom is -0.496 e. The maximum absolute atomic E-state index is 13.8. The van der Waals surface area contributed by atoms with Crippen molar-refractivity contribution in [3.8, 4) is 17.1 Å². The lowest BCUT2D eigenvalue weighted by atomic mass is 9.95. The van der Waals surface area contributed by atoms with Crippen molar-refractivity contribution >= 4 is 41.0 Å². The van der Waals surface area contributed by atoms with Gasteiger partial charge in [0.2, 0.25) is 0 Å². The summed E-state index contributed by atoms with van der Waals surface area (Å²) in [6.07, 6.45) is 1.59. The summed E-state index contributed by atoms with van der Waals surface area (Å²) in [5.41, 5.74) is 1.42. The third-order valence-corrected chi connectivity index (χ3v) is 7.64. The maximum Gasteiger partial charge on any atom is 0.338 e. The number of aromatic nitrogens is 1. The number of para-hydroxylation sites is 1. The van der Waals surface area contributed by atoms with E-state index in [0.29, 0.717) is 43.4 Å². The molecule has 204 valence electrons. The van der Waals surface area contributed by atoms with E-state index in [4.69, 9.17) is 25.5 Å². The molecule has 1 aliphatic rings. The molecule has 0 fully saturated rings. The molecule has 1 unspecified atom stereocenters. The van der Waals surface area contributed by atoms with Gasteiger partial charge in [-0.2, -0.15) is 0 Å². The standard InChI is InChI=1S/C29H23ClN2O7S/c1-4-38-28(36)24-15(2)31-29-32(25(24)18-7-5-6-8-22(18)37-3)26(33)23(40-29)14-17-10-12-21(39-17)16-9-11-20(30)19(13-16)27(34)35/h5-14,25H,4H2,1-3H3,(H,34,35)/b23-14+. The summed E-state index contributed by atoms with van der Waals surface area (Å²) in [6, 6.07) is 14.3. The van der Waals surface area contributed by atoms with Gasteiger partial charge >= 0.3 is 11.9 Å². The van der Waals surface area contributed by atoms with Crippen LogP contribution in [0.1, 0.15) is 41.6 Å². The van der Waals surface area contributed by atoms with Gasteiger partial charge in [-0.05, 0) is 50.2 Å². The topological polar surface area (TPSA) is 120 Å². The summed E-state index contributed by atoms with van der Waals surface area (Å²) in [7, 11) is 1.53. The number of fused-ring (bicyclic) bond motifs is 1. The van der Waals surface area contributed by atoms with Crippen molar-refractivity contribution < 1.29 is 28.6 Å². The predicted octanol–water partition coefficient (Wildman–Crippen LogP) is 4.42. The molecule has 0 radical (unpaired) electrons. The number of carboxylic acid groups (broad SMARTS) is 1. The van der Waals surface area contributed by atoms with Gasteiger partial charge < -0.3 is 19.0 Å². The molecule has 1 aliphatic heterocycles. The highest BCUT2D eigenvalue weighted by molar-refractivity contribution is 7.07. The number of halogens is 1. The summed E-state index contributed by atoms with van der Waals surface area (Å²) >= 11 is 7.15. The Morgan fingerprint density at radius 2 is 1.98 bits per heavy atom. The molecule has 4 aromatic rings. The van der Waals surface area contributed by atoms with Crippen molar-refractivity contribution in [2.24, 2.45) is 4.99 Å². The van der Waals surface area contributed by atoms with E-state index in [0.717, 1.165) is 11.3 Å². The number of furan rings is 1. The molecule has 0 aliphatic carbocycles. The Kier molecular flexibility index (Phi) is 7.46. The Morgan fingerprint density at radius 3 is 2.70 bits per heavy atom. The molecule has 2 aromatic heterocycles. The minimum absolute atomic E-state index is 0.0467. The second kappa shape index (κ2) is 11.0. The first-order chi connectivity index (χ1) is 19.2. The summed E-state index contributed by atoms with van der Waals surface area (Å²) in [4.78, 5) is 43.3. The number of hydrogen-bond acceptors (Lipinski definition) is 8. The number of carboxylic acids is 1. The minimum atomic E-state index is -1.15. The first-order valence-corrected chi connectivity index (χ1v) is 13.4. The number of aromatic carboxylic acids is 1. The zero-order chi connectivity index (χ0) is 28.6. The molecule has 5 rings (SSSR count). The number of rotatable bonds is 7. The average Bonchev–Trinajstić information content (AvgIpc) is 3.52. The Labute approximate surface area is 236 Å². The average molecular weight is 579 g/mol. The van der Waals surface area contributed by atoms with E-state index in [1.54, 1.807) is 56.3 Å². The van der Waals surface area contributed by atoms with Crippen LogP contribution in [0.25, 0.3) is 17.4 Å². The molecule has 0 saturated carbocycles. The van der Waals surface area contributed by atoms with Crippen molar-refractivity contribution in [3.05, 3.63) is 107 Å². The van der Waals surface area contributed by atoms with Gasteiger partial charge in [0.05, 0.1) is 40.1 Å². The molecule has 1 N–H and O–H groups in total. The van der Waals surface area contributed by atoms with E-state index in [2.05, 4.69) is 4.99 Å².